The van der Waals surface area contributed by atoms with Gasteiger partial charge in [0.25, 0.3) is 0 Å². The Balaban J connectivity index is 1.77. The molecular weight excluding hydrogens is 290 g/mol. The van der Waals surface area contributed by atoms with Gasteiger partial charge in [-0.3, -0.25) is 5.32 Å². The number of piperidine rings is 1. The number of carbonyl (C=O) groups is 2. The van der Waals surface area contributed by atoms with Crippen LogP contribution >= 0.6 is 11.3 Å². The van der Waals surface area contributed by atoms with E-state index in [1.54, 1.807) is 17.0 Å². The van der Waals surface area contributed by atoms with Crippen LogP contribution in [0.25, 0.3) is 10.2 Å². The zero-order valence-electron chi connectivity index (χ0n) is 11.3. The van der Waals surface area contributed by atoms with Crippen LogP contribution in [0.2, 0.25) is 0 Å². The highest BCUT2D eigenvalue weighted by atomic mass is 32.1. The molecule has 1 saturated heterocycles. The van der Waals surface area contributed by atoms with Gasteiger partial charge in [0.05, 0.1) is 15.8 Å². The molecule has 3 rings (SSSR count). The molecule has 2 amide bonds. The highest BCUT2D eigenvalue weighted by molar-refractivity contribution is 7.22. The summed E-state index contributed by atoms with van der Waals surface area (Å²) >= 11 is 1.29. The molecule has 1 aliphatic heterocycles. The molecule has 1 aliphatic rings. The summed E-state index contributed by atoms with van der Waals surface area (Å²) in [6, 6.07) is 4.62. The number of aromatic nitrogens is 1. The number of hydrogen-bond acceptors (Lipinski definition) is 4. The lowest BCUT2D eigenvalue weighted by molar-refractivity contribution is 0.0697. The van der Waals surface area contributed by atoms with Crippen molar-refractivity contribution in [2.45, 2.75) is 19.3 Å². The van der Waals surface area contributed by atoms with E-state index in [2.05, 4.69) is 10.3 Å². The van der Waals surface area contributed by atoms with Gasteiger partial charge in [0.1, 0.15) is 0 Å². The minimum absolute atomic E-state index is 0.132. The lowest BCUT2D eigenvalue weighted by Gasteiger charge is -2.26. The van der Waals surface area contributed by atoms with E-state index in [9.17, 15) is 9.59 Å². The normalized spacial score (nSPS) is 15.1. The number of nitrogens with one attached hydrogen (secondary N) is 1. The number of likely N-dealkylation sites (tertiary alicyclic amines) is 1. The zero-order chi connectivity index (χ0) is 14.8. The molecule has 2 aromatic rings. The number of amides is 2. The molecule has 7 heteroatoms. The summed E-state index contributed by atoms with van der Waals surface area (Å²) in [7, 11) is 0. The fraction of sp³-hybridized carbons (Fsp3) is 0.357. The molecule has 0 aliphatic carbocycles. The lowest BCUT2D eigenvalue weighted by Crippen LogP contribution is -2.38. The molecule has 1 aromatic carbocycles. The van der Waals surface area contributed by atoms with E-state index >= 15 is 0 Å². The van der Waals surface area contributed by atoms with Crippen molar-refractivity contribution in [1.29, 1.82) is 0 Å². The molecule has 110 valence electrons. The summed E-state index contributed by atoms with van der Waals surface area (Å²) in [6.45, 7) is 1.56. The van der Waals surface area contributed by atoms with Crippen LogP contribution in [-0.2, 0) is 0 Å². The Morgan fingerprint density at radius 1 is 1.24 bits per heavy atom. The molecule has 2 N–H and O–H groups in total. The molecule has 0 saturated carbocycles. The van der Waals surface area contributed by atoms with Crippen molar-refractivity contribution in [3.05, 3.63) is 23.8 Å². The predicted octanol–water partition coefficient (Wildman–Crippen LogP) is 3.01. The Morgan fingerprint density at radius 2 is 2.00 bits per heavy atom. The first-order valence-corrected chi connectivity index (χ1v) is 7.65. The Labute approximate surface area is 125 Å². The second-order valence-corrected chi connectivity index (χ2v) is 6.02. The van der Waals surface area contributed by atoms with Crippen molar-refractivity contribution in [2.75, 3.05) is 18.4 Å². The number of hydrogen-bond donors (Lipinski definition) is 2. The fourth-order valence-electron chi connectivity index (χ4n) is 2.38. The largest absolute Gasteiger partial charge is 0.478 e. The van der Waals surface area contributed by atoms with Gasteiger partial charge < -0.3 is 10.0 Å². The number of anilines is 1. The van der Waals surface area contributed by atoms with Crippen molar-refractivity contribution in [3.63, 3.8) is 0 Å². The van der Waals surface area contributed by atoms with Crippen LogP contribution in [0.15, 0.2) is 18.2 Å². The maximum atomic E-state index is 12.1. The van der Waals surface area contributed by atoms with E-state index in [0.717, 1.165) is 30.6 Å². The molecular formula is C14H15N3O3S. The first-order chi connectivity index (χ1) is 10.1. The number of urea groups is 1. The third-order valence-corrected chi connectivity index (χ3v) is 4.43. The van der Waals surface area contributed by atoms with Gasteiger partial charge in [-0.1, -0.05) is 11.3 Å². The van der Waals surface area contributed by atoms with Gasteiger partial charge in [-0.2, -0.15) is 0 Å². The Hall–Kier alpha value is -2.15. The maximum absolute atomic E-state index is 12.1. The van der Waals surface area contributed by atoms with E-state index in [1.165, 1.54) is 23.8 Å². The number of aromatic carboxylic acids is 1. The summed E-state index contributed by atoms with van der Waals surface area (Å²) in [6.07, 6.45) is 3.24. The van der Waals surface area contributed by atoms with Gasteiger partial charge in [0.15, 0.2) is 5.13 Å². The molecule has 1 fully saturated rings. The van der Waals surface area contributed by atoms with Crippen LogP contribution < -0.4 is 5.32 Å². The fourth-order valence-corrected chi connectivity index (χ4v) is 3.27. The van der Waals surface area contributed by atoms with Gasteiger partial charge >= 0.3 is 12.0 Å². The molecule has 0 atom stereocenters. The van der Waals surface area contributed by atoms with Crippen LogP contribution in [0.4, 0.5) is 9.93 Å². The van der Waals surface area contributed by atoms with Gasteiger partial charge in [0, 0.05) is 13.1 Å². The van der Waals surface area contributed by atoms with Crippen LogP contribution in [0.5, 0.6) is 0 Å². The van der Waals surface area contributed by atoms with Crippen molar-refractivity contribution in [2.24, 2.45) is 0 Å². The van der Waals surface area contributed by atoms with Crippen molar-refractivity contribution >= 4 is 38.7 Å². The monoisotopic (exact) mass is 305 g/mol. The summed E-state index contributed by atoms with van der Waals surface area (Å²) < 4.78 is 0.754. The number of rotatable bonds is 2. The Morgan fingerprint density at radius 3 is 2.71 bits per heavy atom. The summed E-state index contributed by atoms with van der Waals surface area (Å²) in [4.78, 5) is 29.2. The first kappa shape index (κ1) is 13.8. The van der Waals surface area contributed by atoms with Crippen LogP contribution in [0.1, 0.15) is 29.6 Å². The SMILES string of the molecule is O=C(O)c1ccc2nc(NC(=O)N3CCCCC3)sc2c1. The third-order valence-electron chi connectivity index (χ3n) is 3.49. The number of fused-ring (bicyclic) bond motifs is 1. The molecule has 1 aromatic heterocycles. The van der Waals surface area contributed by atoms with Crippen LogP contribution in [0, 0.1) is 0 Å². The number of carboxylic acids is 1. The molecule has 0 bridgehead atoms. The van der Waals surface area contributed by atoms with E-state index in [1.807, 2.05) is 0 Å². The molecule has 21 heavy (non-hydrogen) atoms. The quantitative estimate of drug-likeness (QED) is 0.893. The van der Waals surface area contributed by atoms with Crippen LogP contribution in [0.3, 0.4) is 0 Å². The Bertz CT molecular complexity index is 692. The van der Waals surface area contributed by atoms with E-state index in [4.69, 9.17) is 5.11 Å². The standard InChI is InChI=1S/C14H15N3O3S/c18-12(19)9-4-5-10-11(8-9)21-13(15-10)16-14(20)17-6-2-1-3-7-17/h4-5,8H,1-3,6-7H2,(H,18,19)(H,15,16,20). The summed E-state index contributed by atoms with van der Waals surface area (Å²) in [5.74, 6) is -0.968. The topological polar surface area (TPSA) is 82.5 Å². The van der Waals surface area contributed by atoms with E-state index < -0.39 is 5.97 Å². The van der Waals surface area contributed by atoms with Gasteiger partial charge in [-0.15, -0.1) is 0 Å². The zero-order valence-corrected chi connectivity index (χ0v) is 12.2. The molecule has 6 nitrogen and oxygen atoms in total. The second kappa shape index (κ2) is 5.69. The lowest BCUT2D eigenvalue weighted by atomic mass is 10.1. The van der Waals surface area contributed by atoms with Gasteiger partial charge in [-0.25, -0.2) is 14.6 Å². The van der Waals surface area contributed by atoms with E-state index in [-0.39, 0.29) is 11.6 Å². The highest BCUT2D eigenvalue weighted by Gasteiger charge is 2.18. The number of benzene rings is 1. The number of thiazole rings is 1. The summed E-state index contributed by atoms with van der Waals surface area (Å²) in [5, 5.41) is 12.3. The minimum atomic E-state index is -0.968. The number of carboxylic acid groups (broad SMARTS) is 1. The molecule has 0 radical (unpaired) electrons. The minimum Gasteiger partial charge on any atom is -0.478 e. The second-order valence-electron chi connectivity index (χ2n) is 4.98. The first-order valence-electron chi connectivity index (χ1n) is 6.83. The van der Waals surface area contributed by atoms with Gasteiger partial charge in [-0.05, 0) is 37.5 Å². The van der Waals surface area contributed by atoms with Crippen molar-refractivity contribution in [3.8, 4) is 0 Å². The van der Waals surface area contributed by atoms with E-state index in [0.29, 0.717) is 10.6 Å². The average molecular weight is 305 g/mol. The average Bonchev–Trinajstić information content (AvgIpc) is 2.89. The molecule has 0 unspecified atom stereocenters. The number of carbonyl (C=O) groups excluding carboxylic acids is 1. The van der Waals surface area contributed by atoms with Crippen molar-refractivity contribution < 1.29 is 14.7 Å². The predicted molar refractivity (Wildman–Crippen MR) is 81.0 cm³/mol. The summed E-state index contributed by atoms with van der Waals surface area (Å²) in [5.41, 5.74) is 0.916. The smallest absolute Gasteiger partial charge is 0.335 e. The third kappa shape index (κ3) is 2.97. The Kier molecular flexibility index (Phi) is 3.74. The maximum Gasteiger partial charge on any atom is 0.335 e. The highest BCUT2D eigenvalue weighted by Crippen LogP contribution is 2.27. The number of nitrogens with zero attached hydrogens (tertiary/aromatic N) is 2. The molecule has 0 spiro atoms. The van der Waals surface area contributed by atoms with Crippen LogP contribution in [-0.4, -0.2) is 40.1 Å². The van der Waals surface area contributed by atoms with Crippen molar-refractivity contribution in [1.82, 2.24) is 9.88 Å². The molecule has 2 heterocycles. The van der Waals surface area contributed by atoms with Gasteiger partial charge in [0.2, 0.25) is 0 Å².